The van der Waals surface area contributed by atoms with Gasteiger partial charge in [-0.25, -0.2) is 15.0 Å². The van der Waals surface area contributed by atoms with Gasteiger partial charge in [-0.15, -0.1) is 0 Å². The smallest absolute Gasteiger partial charge is 0.136 e. The van der Waals surface area contributed by atoms with Crippen molar-refractivity contribution in [1.82, 2.24) is 15.0 Å². The lowest BCUT2D eigenvalue weighted by atomic mass is 10.2. The minimum Gasteiger partial charge on any atom is -0.456 e. The van der Waals surface area contributed by atoms with Gasteiger partial charge in [-0.1, -0.05) is 18.2 Å². The van der Waals surface area contributed by atoms with Crippen molar-refractivity contribution in [2.24, 2.45) is 0 Å². The van der Waals surface area contributed by atoms with Crippen LogP contribution in [0.4, 0.5) is 0 Å². The van der Waals surface area contributed by atoms with E-state index in [1.165, 1.54) is 19.0 Å². The van der Waals surface area contributed by atoms with Crippen molar-refractivity contribution >= 4 is 53.8 Å². The topological polar surface area (TPSA) is 51.8 Å². The molecule has 4 rings (SSSR count). The second kappa shape index (κ2) is 6.32. The summed E-state index contributed by atoms with van der Waals surface area (Å²) in [6.45, 7) is 0. The van der Waals surface area contributed by atoms with E-state index in [1.54, 1.807) is 0 Å². The Morgan fingerprint density at radius 2 is 1.43 bits per heavy atom. The SMILES string of the molecule is Brc1ccc2oc3ccccc3c2c1Br.c1ncncn1. The predicted molar refractivity (Wildman–Crippen MR) is 88.9 cm³/mol. The summed E-state index contributed by atoms with van der Waals surface area (Å²) in [5.74, 6) is 0. The lowest BCUT2D eigenvalue weighted by Crippen LogP contribution is -1.73. The first-order valence-corrected chi connectivity index (χ1v) is 7.66. The molecule has 0 aliphatic heterocycles. The van der Waals surface area contributed by atoms with E-state index in [9.17, 15) is 0 Å². The molecule has 0 spiro atoms. The van der Waals surface area contributed by atoms with E-state index < -0.39 is 0 Å². The zero-order valence-electron chi connectivity index (χ0n) is 10.7. The largest absolute Gasteiger partial charge is 0.456 e. The minimum absolute atomic E-state index is 0.909. The molecule has 21 heavy (non-hydrogen) atoms. The zero-order chi connectivity index (χ0) is 14.7. The molecule has 2 aromatic heterocycles. The van der Waals surface area contributed by atoms with E-state index in [2.05, 4.69) is 52.9 Å². The van der Waals surface area contributed by atoms with Gasteiger partial charge in [0.25, 0.3) is 0 Å². The fourth-order valence-electron chi connectivity index (χ4n) is 1.95. The van der Waals surface area contributed by atoms with Crippen LogP contribution in [0, 0.1) is 0 Å². The summed E-state index contributed by atoms with van der Waals surface area (Å²) < 4.78 is 7.83. The van der Waals surface area contributed by atoms with Gasteiger partial charge in [-0.2, -0.15) is 0 Å². The maximum atomic E-state index is 5.74. The maximum Gasteiger partial charge on any atom is 0.136 e. The van der Waals surface area contributed by atoms with E-state index in [1.807, 2.05) is 30.3 Å². The Labute approximate surface area is 137 Å². The highest BCUT2D eigenvalue weighted by Gasteiger charge is 2.10. The van der Waals surface area contributed by atoms with Crippen LogP contribution in [0.3, 0.4) is 0 Å². The summed E-state index contributed by atoms with van der Waals surface area (Å²) >= 11 is 7.07. The van der Waals surface area contributed by atoms with Crippen LogP contribution in [0.5, 0.6) is 0 Å². The highest BCUT2D eigenvalue weighted by Crippen LogP contribution is 2.37. The number of halogens is 2. The van der Waals surface area contributed by atoms with E-state index in [-0.39, 0.29) is 0 Å². The third-order valence-corrected chi connectivity index (χ3v) is 4.85. The van der Waals surface area contributed by atoms with Crippen LogP contribution in [-0.4, -0.2) is 15.0 Å². The molecule has 0 saturated heterocycles. The van der Waals surface area contributed by atoms with Gasteiger partial charge in [-0.3, -0.25) is 0 Å². The molecule has 2 heterocycles. The van der Waals surface area contributed by atoms with Gasteiger partial charge in [0.15, 0.2) is 0 Å². The molecule has 0 bridgehead atoms. The third kappa shape index (κ3) is 2.96. The Kier molecular flexibility index (Phi) is 4.26. The minimum atomic E-state index is 0.909. The van der Waals surface area contributed by atoms with Crippen LogP contribution in [0.15, 0.2) is 68.7 Å². The van der Waals surface area contributed by atoms with Crippen molar-refractivity contribution in [1.29, 1.82) is 0 Å². The number of benzene rings is 2. The van der Waals surface area contributed by atoms with Crippen molar-refractivity contribution in [3.05, 3.63) is 64.3 Å². The molecule has 0 aliphatic carbocycles. The van der Waals surface area contributed by atoms with Crippen molar-refractivity contribution in [3.63, 3.8) is 0 Å². The van der Waals surface area contributed by atoms with Crippen molar-refractivity contribution in [3.8, 4) is 0 Å². The average Bonchev–Trinajstić information content (AvgIpc) is 2.92. The highest BCUT2D eigenvalue weighted by atomic mass is 79.9. The second-order valence-corrected chi connectivity index (χ2v) is 5.77. The van der Waals surface area contributed by atoms with E-state index in [0.717, 1.165) is 30.9 Å². The summed E-state index contributed by atoms with van der Waals surface area (Å²) in [7, 11) is 0. The Hall–Kier alpha value is -1.79. The molecule has 4 aromatic rings. The summed E-state index contributed by atoms with van der Waals surface area (Å²) in [4.78, 5) is 10.7. The van der Waals surface area contributed by atoms with Gasteiger partial charge in [0.2, 0.25) is 0 Å². The Morgan fingerprint density at radius 3 is 2.10 bits per heavy atom. The monoisotopic (exact) mass is 405 g/mol. The first kappa shape index (κ1) is 14.2. The molecule has 0 amide bonds. The first-order chi connectivity index (χ1) is 10.3. The first-order valence-electron chi connectivity index (χ1n) is 6.07. The van der Waals surface area contributed by atoms with Gasteiger partial charge in [-0.05, 0) is 50.1 Å². The van der Waals surface area contributed by atoms with Gasteiger partial charge < -0.3 is 4.42 Å². The number of nitrogens with zero attached hydrogens (tertiary/aromatic N) is 3. The van der Waals surface area contributed by atoms with Crippen molar-refractivity contribution in [2.45, 2.75) is 0 Å². The number of fused-ring (bicyclic) bond motifs is 3. The van der Waals surface area contributed by atoms with Gasteiger partial charge in [0.05, 0.1) is 0 Å². The molecule has 0 saturated carbocycles. The fourth-order valence-corrected chi connectivity index (χ4v) is 2.83. The molecule has 0 unspecified atom stereocenters. The standard InChI is InChI=1S/C12H6Br2O.C3H3N3/c13-8-5-6-10-11(12(8)14)7-3-1-2-4-9(7)15-10;1-4-2-6-3-5-1/h1-6H;1-3H. The van der Waals surface area contributed by atoms with Crippen molar-refractivity contribution in [2.75, 3.05) is 0 Å². The number of furan rings is 1. The molecule has 2 aromatic carbocycles. The molecule has 0 radical (unpaired) electrons. The molecule has 0 N–H and O–H groups in total. The lowest BCUT2D eigenvalue weighted by molar-refractivity contribution is 0.669. The van der Waals surface area contributed by atoms with Crippen LogP contribution in [0.2, 0.25) is 0 Å². The number of para-hydroxylation sites is 1. The predicted octanol–water partition coefficient (Wildman–Crippen LogP) is 4.98. The highest BCUT2D eigenvalue weighted by molar-refractivity contribution is 9.13. The van der Waals surface area contributed by atoms with Crippen LogP contribution < -0.4 is 0 Å². The fraction of sp³-hybridized carbons (Fsp3) is 0. The van der Waals surface area contributed by atoms with Crippen LogP contribution in [0.25, 0.3) is 21.9 Å². The van der Waals surface area contributed by atoms with E-state index >= 15 is 0 Å². The average molecular weight is 407 g/mol. The van der Waals surface area contributed by atoms with E-state index in [4.69, 9.17) is 4.42 Å². The Morgan fingerprint density at radius 1 is 0.762 bits per heavy atom. The van der Waals surface area contributed by atoms with Crippen LogP contribution >= 0.6 is 31.9 Å². The van der Waals surface area contributed by atoms with Crippen LogP contribution in [-0.2, 0) is 0 Å². The summed E-state index contributed by atoms with van der Waals surface area (Å²) in [6.07, 6.45) is 4.31. The number of hydrogen-bond donors (Lipinski definition) is 0. The summed E-state index contributed by atoms with van der Waals surface area (Å²) in [5, 5.41) is 2.26. The third-order valence-electron chi connectivity index (χ3n) is 2.83. The molecular weight excluding hydrogens is 398 g/mol. The molecule has 4 nitrogen and oxygen atoms in total. The normalized spacial score (nSPS) is 10.4. The summed E-state index contributed by atoms with van der Waals surface area (Å²) in [5.41, 5.74) is 1.83. The molecular formula is C15H9Br2N3O. The van der Waals surface area contributed by atoms with Gasteiger partial charge >= 0.3 is 0 Å². The Balaban J connectivity index is 0.000000186. The molecule has 6 heteroatoms. The molecule has 0 fully saturated rings. The van der Waals surface area contributed by atoms with Crippen molar-refractivity contribution < 1.29 is 4.42 Å². The van der Waals surface area contributed by atoms with Gasteiger partial charge in [0.1, 0.15) is 30.1 Å². The molecule has 104 valence electrons. The van der Waals surface area contributed by atoms with Crippen LogP contribution in [0.1, 0.15) is 0 Å². The number of rotatable bonds is 0. The Bertz CT molecular complexity index is 851. The van der Waals surface area contributed by atoms with E-state index in [0.29, 0.717) is 0 Å². The summed E-state index contributed by atoms with van der Waals surface area (Å²) in [6, 6.07) is 12.0. The second-order valence-electron chi connectivity index (χ2n) is 4.13. The number of hydrogen-bond acceptors (Lipinski definition) is 4. The molecule has 0 aliphatic rings. The lowest BCUT2D eigenvalue weighted by Gasteiger charge is -1.96. The number of aromatic nitrogens is 3. The molecule has 0 atom stereocenters. The zero-order valence-corrected chi connectivity index (χ0v) is 13.9. The quantitative estimate of drug-likeness (QED) is 0.413. The maximum absolute atomic E-state index is 5.74. The van der Waals surface area contributed by atoms with Gasteiger partial charge in [0, 0.05) is 19.7 Å².